The molecule has 2 atom stereocenters. The second kappa shape index (κ2) is 9.77. The first-order valence-corrected chi connectivity index (χ1v) is 12.3. The lowest BCUT2D eigenvalue weighted by atomic mass is 9.94. The van der Waals surface area contributed by atoms with Gasteiger partial charge in [0.15, 0.2) is 0 Å². The van der Waals surface area contributed by atoms with Crippen LogP contribution in [0.15, 0.2) is 88.2 Å². The van der Waals surface area contributed by atoms with Crippen LogP contribution < -0.4 is 4.74 Å². The van der Waals surface area contributed by atoms with Gasteiger partial charge in [-0.05, 0) is 48.7 Å². The number of nitrogens with zero attached hydrogens (tertiary/aromatic N) is 2. The molecule has 0 aliphatic carbocycles. The molecule has 6 nitrogen and oxygen atoms in total. The van der Waals surface area contributed by atoms with Gasteiger partial charge in [0.25, 0.3) is 10.0 Å². The molecule has 33 heavy (non-hydrogen) atoms. The first-order valence-electron chi connectivity index (χ1n) is 10.9. The number of ether oxygens (including phenoxy) is 1. The van der Waals surface area contributed by atoms with Gasteiger partial charge in [-0.25, -0.2) is 0 Å². The predicted molar refractivity (Wildman–Crippen MR) is 129 cm³/mol. The zero-order chi connectivity index (χ0) is 23.4. The molecule has 172 valence electrons. The first-order chi connectivity index (χ1) is 15.9. The molecule has 1 aliphatic rings. The van der Waals surface area contributed by atoms with Gasteiger partial charge in [-0.1, -0.05) is 60.2 Å². The Bertz CT molecular complexity index is 1210. The Morgan fingerprint density at radius 3 is 2.33 bits per heavy atom. The van der Waals surface area contributed by atoms with Crippen LogP contribution in [-0.4, -0.2) is 37.9 Å². The van der Waals surface area contributed by atoms with Crippen LogP contribution >= 0.6 is 0 Å². The van der Waals surface area contributed by atoms with Crippen LogP contribution in [0.2, 0.25) is 0 Å². The highest BCUT2D eigenvalue weighted by atomic mass is 32.2. The second-order valence-electron chi connectivity index (χ2n) is 8.26. The highest BCUT2D eigenvalue weighted by Crippen LogP contribution is 2.34. The van der Waals surface area contributed by atoms with Gasteiger partial charge >= 0.3 is 0 Å². The molecule has 0 aromatic heterocycles. The number of benzene rings is 3. The van der Waals surface area contributed by atoms with Gasteiger partial charge in [-0.15, -0.1) is 4.40 Å². The lowest BCUT2D eigenvalue weighted by Crippen LogP contribution is -2.30. The third kappa shape index (κ3) is 5.26. The maximum Gasteiger partial charge on any atom is 0.283 e. The van der Waals surface area contributed by atoms with Crippen LogP contribution in [0.25, 0.3) is 0 Å². The Labute approximate surface area is 195 Å². The fraction of sp³-hybridized carbons (Fsp3) is 0.269. The molecule has 1 aliphatic heterocycles. The molecule has 3 aromatic rings. The molecule has 1 N–H and O–H groups in total. The van der Waals surface area contributed by atoms with Crippen LogP contribution in [-0.2, 0) is 16.6 Å². The third-order valence-electron chi connectivity index (χ3n) is 5.95. The maximum absolute atomic E-state index is 13.2. The average Bonchev–Trinajstić information content (AvgIpc) is 3.21. The maximum atomic E-state index is 13.2. The van der Waals surface area contributed by atoms with E-state index < -0.39 is 22.0 Å². The molecule has 1 fully saturated rings. The summed E-state index contributed by atoms with van der Waals surface area (Å²) in [5.74, 6) is 0.724. The standard InChI is InChI=1S/C26H28N2O4S/c1-19-8-14-23(15-9-19)33(30,31)27-26-24(25(29)21-6-4-3-5-7-21)16-17-28(26)18-20-10-12-22(32-2)13-11-20/h3-15,24-25,29H,16-18H2,1-2H3/b27-26-/t24-,25-/m1/s1. The van der Waals surface area contributed by atoms with Crippen molar-refractivity contribution in [1.82, 2.24) is 4.90 Å². The van der Waals surface area contributed by atoms with Gasteiger partial charge in [-0.2, -0.15) is 8.42 Å². The van der Waals surface area contributed by atoms with Crippen LogP contribution in [0.4, 0.5) is 0 Å². The smallest absolute Gasteiger partial charge is 0.283 e. The van der Waals surface area contributed by atoms with E-state index in [2.05, 4.69) is 4.40 Å². The van der Waals surface area contributed by atoms with Crippen molar-refractivity contribution in [3.8, 4) is 5.75 Å². The summed E-state index contributed by atoms with van der Waals surface area (Å²) >= 11 is 0. The summed E-state index contributed by atoms with van der Waals surface area (Å²) in [6.07, 6.45) is -0.242. The average molecular weight is 465 g/mol. The summed E-state index contributed by atoms with van der Waals surface area (Å²) in [7, 11) is -2.31. The third-order valence-corrected chi connectivity index (χ3v) is 7.25. The summed E-state index contributed by atoms with van der Waals surface area (Å²) < 4.78 is 35.9. The van der Waals surface area contributed by atoms with Crippen molar-refractivity contribution < 1.29 is 18.3 Å². The summed E-state index contributed by atoms with van der Waals surface area (Å²) in [4.78, 5) is 2.09. The zero-order valence-electron chi connectivity index (χ0n) is 18.8. The number of aliphatic hydroxyl groups is 1. The summed E-state index contributed by atoms with van der Waals surface area (Å²) in [5, 5.41) is 11.1. The Morgan fingerprint density at radius 2 is 1.70 bits per heavy atom. The molecule has 0 amide bonds. The molecule has 0 radical (unpaired) electrons. The molecule has 7 heteroatoms. The van der Waals surface area contributed by atoms with Gasteiger partial charge in [0.2, 0.25) is 0 Å². The fourth-order valence-corrected chi connectivity index (χ4v) is 5.16. The Balaban J connectivity index is 1.70. The lowest BCUT2D eigenvalue weighted by Gasteiger charge is -2.24. The fourth-order valence-electron chi connectivity index (χ4n) is 4.08. The molecule has 0 saturated carbocycles. The largest absolute Gasteiger partial charge is 0.497 e. The van der Waals surface area contributed by atoms with Gasteiger partial charge < -0.3 is 14.7 Å². The SMILES string of the molecule is COc1ccc(CN2CC[C@H]([C@H](O)c3ccccc3)/C2=N/S(=O)(=O)c2ccc(C)cc2)cc1. The van der Waals surface area contributed by atoms with E-state index in [9.17, 15) is 13.5 Å². The molecule has 1 saturated heterocycles. The molecule has 3 aromatic carbocycles. The molecule has 4 rings (SSSR count). The first kappa shape index (κ1) is 23.0. The van der Waals surface area contributed by atoms with Crippen molar-refractivity contribution in [2.45, 2.75) is 30.9 Å². The van der Waals surface area contributed by atoms with Crippen molar-refractivity contribution >= 4 is 15.9 Å². The number of sulfonamides is 1. The van der Waals surface area contributed by atoms with E-state index >= 15 is 0 Å². The normalized spacial score (nSPS) is 18.5. The quantitative estimate of drug-likeness (QED) is 0.563. The summed E-state index contributed by atoms with van der Waals surface area (Å²) in [5.41, 5.74) is 2.72. The molecule has 0 bridgehead atoms. The van der Waals surface area contributed by atoms with Crippen LogP contribution in [0, 0.1) is 12.8 Å². The van der Waals surface area contributed by atoms with Gasteiger partial charge in [0.1, 0.15) is 11.6 Å². The van der Waals surface area contributed by atoms with Gasteiger partial charge in [0.05, 0.1) is 18.1 Å². The van der Waals surface area contributed by atoms with Crippen LogP contribution in [0.5, 0.6) is 5.75 Å². The van der Waals surface area contributed by atoms with Gasteiger partial charge in [0, 0.05) is 19.0 Å². The van der Waals surface area contributed by atoms with Crippen molar-refractivity contribution in [3.63, 3.8) is 0 Å². The van der Waals surface area contributed by atoms with Crippen molar-refractivity contribution in [1.29, 1.82) is 0 Å². The highest BCUT2D eigenvalue weighted by Gasteiger charge is 2.37. The van der Waals surface area contributed by atoms with Crippen LogP contribution in [0.3, 0.4) is 0 Å². The molecule has 0 unspecified atom stereocenters. The second-order valence-corrected chi connectivity index (χ2v) is 9.86. The highest BCUT2D eigenvalue weighted by molar-refractivity contribution is 7.90. The predicted octanol–water partition coefficient (Wildman–Crippen LogP) is 4.35. The van der Waals surface area contributed by atoms with E-state index in [0.29, 0.717) is 25.3 Å². The van der Waals surface area contributed by atoms with E-state index in [0.717, 1.165) is 22.4 Å². The number of hydrogen-bond acceptors (Lipinski definition) is 4. The topological polar surface area (TPSA) is 79.2 Å². The lowest BCUT2D eigenvalue weighted by molar-refractivity contribution is 0.141. The number of methoxy groups -OCH3 is 1. The number of rotatable bonds is 7. The minimum atomic E-state index is -3.93. The minimum Gasteiger partial charge on any atom is -0.497 e. The van der Waals surface area contributed by atoms with Crippen molar-refractivity contribution in [2.75, 3.05) is 13.7 Å². The minimum absolute atomic E-state index is 0.143. The number of aryl methyl sites for hydroxylation is 1. The number of hydrogen-bond donors (Lipinski definition) is 1. The van der Waals surface area contributed by atoms with E-state index in [1.54, 1.807) is 31.4 Å². The Kier molecular flexibility index (Phi) is 6.81. The monoisotopic (exact) mass is 464 g/mol. The van der Waals surface area contributed by atoms with Crippen LogP contribution in [0.1, 0.15) is 29.2 Å². The Hall–Kier alpha value is -3.16. The molecular weight excluding hydrogens is 436 g/mol. The molecular formula is C26H28N2O4S. The Morgan fingerprint density at radius 1 is 1.03 bits per heavy atom. The van der Waals surface area contributed by atoms with E-state index in [4.69, 9.17) is 4.74 Å². The summed E-state index contributed by atoms with van der Waals surface area (Å²) in [6.45, 7) is 3.00. The zero-order valence-corrected chi connectivity index (χ0v) is 19.6. The van der Waals surface area contributed by atoms with E-state index in [1.165, 1.54) is 0 Å². The number of likely N-dealkylation sites (tertiary alicyclic amines) is 1. The van der Waals surface area contributed by atoms with E-state index in [1.807, 2.05) is 66.4 Å². The van der Waals surface area contributed by atoms with Gasteiger partial charge in [-0.3, -0.25) is 0 Å². The number of amidine groups is 1. The van der Waals surface area contributed by atoms with Crippen molar-refractivity contribution in [3.05, 3.63) is 95.6 Å². The van der Waals surface area contributed by atoms with E-state index in [-0.39, 0.29) is 4.90 Å². The molecule has 1 heterocycles. The van der Waals surface area contributed by atoms with Crippen molar-refractivity contribution in [2.24, 2.45) is 10.3 Å². The summed E-state index contributed by atoms with van der Waals surface area (Å²) in [6, 6.07) is 23.6. The molecule has 0 spiro atoms. The number of aliphatic hydroxyl groups excluding tert-OH is 1.